The lowest BCUT2D eigenvalue weighted by Gasteiger charge is -2.46. The molecule has 2 atom stereocenters. The number of pyridine rings is 1. The molecule has 322 valence electrons. The number of rotatable bonds is 14. The quantitative estimate of drug-likeness (QED) is 0.102. The minimum atomic E-state index is -0.862. The van der Waals surface area contributed by atoms with E-state index in [1.807, 2.05) is 88.7 Å². The maximum atomic E-state index is 14.1. The Morgan fingerprint density at radius 2 is 1.47 bits per heavy atom. The number of aliphatic hydroxyl groups excluding tert-OH is 1. The van der Waals surface area contributed by atoms with Gasteiger partial charge in [0.25, 0.3) is 5.91 Å². The number of esters is 1. The molecule has 1 saturated carbocycles. The third-order valence-corrected chi connectivity index (χ3v) is 13.6. The highest BCUT2D eigenvalue weighted by molar-refractivity contribution is 5.95. The number of hydrogen-bond donors (Lipinski definition) is 4. The molecule has 1 aromatic heterocycles. The Kier molecular flexibility index (Phi) is 12.0. The number of nitrogens with zero attached hydrogens (tertiary/aromatic N) is 3. The number of amides is 2. The number of likely N-dealkylation sites (tertiary alicyclic amines) is 1. The third kappa shape index (κ3) is 8.90. The van der Waals surface area contributed by atoms with Gasteiger partial charge >= 0.3 is 5.97 Å². The van der Waals surface area contributed by atoms with Crippen LogP contribution in [0.15, 0.2) is 108 Å². The monoisotopic (exact) mass is 837 g/mol. The van der Waals surface area contributed by atoms with Crippen molar-refractivity contribution in [2.24, 2.45) is 11.8 Å². The van der Waals surface area contributed by atoms with E-state index in [4.69, 9.17) is 4.74 Å². The van der Waals surface area contributed by atoms with Crippen LogP contribution in [0.1, 0.15) is 82.8 Å². The summed E-state index contributed by atoms with van der Waals surface area (Å²) in [7, 11) is 0. The molecular formula is C50H55N5O7. The summed E-state index contributed by atoms with van der Waals surface area (Å²) in [5.74, 6) is 0.332. The van der Waals surface area contributed by atoms with Crippen LogP contribution in [0, 0.1) is 11.8 Å². The number of carbonyl (C=O) groups excluding carboxylic acids is 3. The van der Waals surface area contributed by atoms with Crippen LogP contribution in [0.4, 0.5) is 0 Å². The second kappa shape index (κ2) is 17.9. The first-order valence-electron chi connectivity index (χ1n) is 22.1. The van der Waals surface area contributed by atoms with Crippen molar-refractivity contribution in [1.82, 2.24) is 25.0 Å². The Morgan fingerprint density at radius 1 is 0.806 bits per heavy atom. The van der Waals surface area contributed by atoms with Gasteiger partial charge in [-0.2, -0.15) is 0 Å². The molecule has 4 saturated heterocycles. The summed E-state index contributed by atoms with van der Waals surface area (Å²) in [6, 6.07) is 31.7. The number of nitrogens with one attached hydrogen (secondary N) is 2. The van der Waals surface area contributed by atoms with Crippen molar-refractivity contribution in [3.8, 4) is 5.75 Å². The van der Waals surface area contributed by atoms with Gasteiger partial charge in [0.2, 0.25) is 11.5 Å². The Labute approximate surface area is 361 Å². The number of phenols is 1. The number of aliphatic hydroxyl groups is 1. The SMILES string of the molecule is O=C(c1ccc(CN(Cc2ccc(CNC[C@H](O)c3ccc(O)c4[nH]c(=O)ccc34)cc2)C(=O)C2CC2)cc1)N1CCC(C(=O)O[C@H]2CN3CCC2CC3)(c2ccccc2)CC1. The predicted octanol–water partition coefficient (Wildman–Crippen LogP) is 5.81. The van der Waals surface area contributed by atoms with Gasteiger partial charge in [-0.1, -0.05) is 72.8 Å². The lowest BCUT2D eigenvalue weighted by Crippen LogP contribution is -2.55. The Hall–Kier alpha value is -5.82. The van der Waals surface area contributed by atoms with Crippen LogP contribution in [0.25, 0.3) is 10.9 Å². The number of ether oxygens (including phenoxy) is 1. The van der Waals surface area contributed by atoms with Crippen LogP contribution < -0.4 is 10.9 Å². The summed E-state index contributed by atoms with van der Waals surface area (Å²) in [6.45, 7) is 5.53. The van der Waals surface area contributed by atoms with Crippen LogP contribution in [-0.4, -0.2) is 93.1 Å². The molecule has 0 unspecified atom stereocenters. The van der Waals surface area contributed by atoms with Gasteiger partial charge in [0.1, 0.15) is 11.9 Å². The molecule has 12 nitrogen and oxygen atoms in total. The molecule has 5 aliphatic rings. The van der Waals surface area contributed by atoms with Crippen molar-refractivity contribution in [3.63, 3.8) is 0 Å². The van der Waals surface area contributed by atoms with E-state index >= 15 is 0 Å². The molecule has 0 spiro atoms. The van der Waals surface area contributed by atoms with Crippen molar-refractivity contribution in [2.75, 3.05) is 39.3 Å². The molecule has 4 aliphatic heterocycles. The number of aromatic amines is 1. The second-order valence-electron chi connectivity index (χ2n) is 17.7. The normalized spacial score (nSPS) is 21.0. The number of fused-ring (bicyclic) bond motifs is 4. The average molecular weight is 838 g/mol. The Morgan fingerprint density at radius 3 is 2.11 bits per heavy atom. The molecule has 2 amide bonds. The topological polar surface area (TPSA) is 156 Å². The molecule has 12 heteroatoms. The highest BCUT2D eigenvalue weighted by Crippen LogP contribution is 2.40. The standard InChI is InChI=1S/C50H55N5O7/c56-42-18-16-40(41-17-19-45(58)52-46(41)42)43(57)29-51-28-33-6-8-34(9-7-33)30-55(48(60)38-14-15-38)31-35-10-12-37(13-11-35)47(59)54-26-22-50(23-27-54,39-4-2-1-3-5-39)49(61)62-44-32-53-24-20-36(44)21-25-53/h1-13,16-19,36,38,43-44,51,56-57H,14-15,20-32H2,(H,52,58)/t43-,44-/m0/s1. The second-order valence-corrected chi connectivity index (χ2v) is 17.7. The summed E-state index contributed by atoms with van der Waals surface area (Å²) in [5.41, 5.74) is 4.29. The van der Waals surface area contributed by atoms with Crippen molar-refractivity contribution < 1.29 is 29.3 Å². The third-order valence-electron chi connectivity index (χ3n) is 13.6. The Balaban J connectivity index is 0.796. The summed E-state index contributed by atoms with van der Waals surface area (Å²) in [4.78, 5) is 62.0. The zero-order valence-electron chi connectivity index (χ0n) is 35.0. The number of piperidine rings is 4. The molecule has 4 aromatic carbocycles. The fourth-order valence-electron chi connectivity index (χ4n) is 9.71. The smallest absolute Gasteiger partial charge is 0.317 e. The van der Waals surface area contributed by atoms with E-state index in [0.29, 0.717) is 73.5 Å². The summed E-state index contributed by atoms with van der Waals surface area (Å²) < 4.78 is 6.34. The number of benzene rings is 4. The van der Waals surface area contributed by atoms with Gasteiger partial charge in [-0.15, -0.1) is 0 Å². The zero-order valence-corrected chi connectivity index (χ0v) is 35.0. The Bertz CT molecular complexity index is 2450. The molecule has 10 rings (SSSR count). The zero-order chi connectivity index (χ0) is 42.8. The van der Waals surface area contributed by atoms with Gasteiger partial charge in [-0.25, -0.2) is 0 Å². The first-order valence-corrected chi connectivity index (χ1v) is 22.1. The molecule has 4 N–H and O–H groups in total. The fourth-order valence-corrected chi connectivity index (χ4v) is 9.71. The number of aromatic hydroxyl groups is 1. The predicted molar refractivity (Wildman–Crippen MR) is 235 cm³/mol. The molecule has 62 heavy (non-hydrogen) atoms. The minimum absolute atomic E-state index is 0.0478. The number of aromatic nitrogens is 1. The molecular weight excluding hydrogens is 783 g/mol. The van der Waals surface area contributed by atoms with E-state index in [0.717, 1.165) is 67.6 Å². The van der Waals surface area contributed by atoms with Crippen molar-refractivity contribution in [1.29, 1.82) is 0 Å². The van der Waals surface area contributed by atoms with Gasteiger partial charge in [0.05, 0.1) is 17.0 Å². The van der Waals surface area contributed by atoms with Gasteiger partial charge in [0, 0.05) is 68.7 Å². The highest BCUT2D eigenvalue weighted by atomic mass is 16.5. The van der Waals surface area contributed by atoms with Gasteiger partial charge in [-0.05, 0) is 110 Å². The molecule has 5 fully saturated rings. The fraction of sp³-hybridized carbons (Fsp3) is 0.400. The summed E-state index contributed by atoms with van der Waals surface area (Å²) >= 11 is 0. The minimum Gasteiger partial charge on any atom is -0.506 e. The van der Waals surface area contributed by atoms with E-state index in [-0.39, 0.29) is 47.7 Å². The molecule has 5 heterocycles. The first-order chi connectivity index (χ1) is 30.1. The highest BCUT2D eigenvalue weighted by Gasteiger charge is 2.47. The van der Waals surface area contributed by atoms with Crippen LogP contribution in [0.2, 0.25) is 0 Å². The molecule has 2 bridgehead atoms. The molecule has 1 aliphatic carbocycles. The summed E-state index contributed by atoms with van der Waals surface area (Å²) in [6.07, 6.45) is 4.02. The van der Waals surface area contributed by atoms with Gasteiger partial charge in [0.15, 0.2) is 0 Å². The number of H-pyrrole nitrogens is 1. The van der Waals surface area contributed by atoms with Gasteiger partial charge < -0.3 is 35.1 Å². The molecule has 0 radical (unpaired) electrons. The number of phenolic OH excluding ortho intramolecular Hbond substituents is 1. The summed E-state index contributed by atoms with van der Waals surface area (Å²) in [5, 5.41) is 25.0. The van der Waals surface area contributed by atoms with E-state index in [1.165, 1.54) is 12.1 Å². The average Bonchev–Trinajstić information content (AvgIpc) is 4.16. The molecule has 5 aromatic rings. The van der Waals surface area contributed by atoms with Crippen molar-refractivity contribution in [3.05, 3.63) is 147 Å². The van der Waals surface area contributed by atoms with Crippen LogP contribution >= 0.6 is 0 Å². The van der Waals surface area contributed by atoms with E-state index in [2.05, 4.69) is 15.2 Å². The van der Waals surface area contributed by atoms with Crippen LogP contribution in [0.3, 0.4) is 0 Å². The first kappa shape index (κ1) is 41.5. The van der Waals surface area contributed by atoms with Crippen LogP contribution in [-0.2, 0) is 39.4 Å². The lowest BCUT2D eigenvalue weighted by molar-refractivity contribution is -0.168. The van der Waals surface area contributed by atoms with E-state index in [9.17, 15) is 29.4 Å². The lowest BCUT2D eigenvalue weighted by atomic mass is 9.72. The van der Waals surface area contributed by atoms with Crippen molar-refractivity contribution in [2.45, 2.75) is 75.8 Å². The maximum absolute atomic E-state index is 14.1. The largest absolute Gasteiger partial charge is 0.506 e. The van der Waals surface area contributed by atoms with Gasteiger partial charge in [-0.3, -0.25) is 24.1 Å². The number of hydrogen-bond acceptors (Lipinski definition) is 9. The van der Waals surface area contributed by atoms with E-state index < -0.39 is 11.5 Å². The number of carbonyl (C=O) groups is 3. The van der Waals surface area contributed by atoms with Crippen LogP contribution in [0.5, 0.6) is 5.75 Å². The van der Waals surface area contributed by atoms with Crippen molar-refractivity contribution >= 4 is 28.7 Å². The van der Waals surface area contributed by atoms with E-state index in [1.54, 1.807) is 12.1 Å². The maximum Gasteiger partial charge on any atom is 0.317 e.